The summed E-state index contributed by atoms with van der Waals surface area (Å²) in [4.78, 5) is 12.3. The molecule has 0 radical (unpaired) electrons. The van der Waals surface area contributed by atoms with Crippen molar-refractivity contribution in [1.82, 2.24) is 4.98 Å². The van der Waals surface area contributed by atoms with Gasteiger partial charge < -0.3 is 15.6 Å². The molecule has 1 rings (SSSR count). The van der Waals surface area contributed by atoms with E-state index in [0.29, 0.717) is 5.56 Å². The summed E-state index contributed by atoms with van der Waals surface area (Å²) >= 11 is 0. The van der Waals surface area contributed by atoms with Gasteiger partial charge in [0.25, 0.3) is 0 Å². The van der Waals surface area contributed by atoms with E-state index in [1.807, 2.05) is 0 Å². The van der Waals surface area contributed by atoms with Crippen molar-refractivity contribution in [3.05, 3.63) is 17.7 Å². The molecule has 20 heavy (non-hydrogen) atoms. The summed E-state index contributed by atoms with van der Waals surface area (Å²) in [6, 6.07) is 2.52. The fraction of sp³-hybridized carbons (Fsp3) is 0.333. The molecule has 0 saturated carbocycles. The third-order valence-corrected chi connectivity index (χ3v) is 1.57. The van der Waals surface area contributed by atoms with Crippen molar-refractivity contribution >= 4 is 11.8 Å². The fourth-order valence-corrected chi connectivity index (χ4v) is 0.701. The van der Waals surface area contributed by atoms with Crippen LogP contribution in [0.25, 0.3) is 0 Å². The number of pyridine rings is 1. The highest BCUT2D eigenvalue weighted by molar-refractivity contribution is 5.73. The zero-order chi connectivity index (χ0) is 16.1. The molecule has 1 aromatic heterocycles. The lowest BCUT2D eigenvalue weighted by atomic mass is 10.3. The number of aryl methyl sites for hydroxylation is 1. The summed E-state index contributed by atoms with van der Waals surface area (Å²) in [5.74, 6) is -3.27. The summed E-state index contributed by atoms with van der Waals surface area (Å²) in [7, 11) is 0. The van der Waals surface area contributed by atoms with E-state index in [9.17, 15) is 26.3 Å². The number of nitrogen functional groups attached to an aromatic ring is 1. The van der Waals surface area contributed by atoms with Crippen molar-refractivity contribution in [2.45, 2.75) is 19.5 Å². The largest absolute Gasteiger partial charge is 0.574 e. The number of anilines is 1. The molecule has 0 saturated heterocycles. The molecule has 0 aliphatic rings. The SMILES string of the molecule is Cc1ccc(OC(F)(F)F)nc1N.O=C(O)C(F)(F)F. The molecule has 1 heterocycles. The molecule has 11 heteroatoms. The Balaban J connectivity index is 0.000000441. The quantitative estimate of drug-likeness (QED) is 0.779. The lowest BCUT2D eigenvalue weighted by Gasteiger charge is -2.08. The van der Waals surface area contributed by atoms with Gasteiger partial charge in [-0.05, 0) is 12.5 Å². The van der Waals surface area contributed by atoms with Crippen LogP contribution < -0.4 is 10.5 Å². The molecule has 1 aromatic rings. The fourth-order valence-electron chi connectivity index (χ4n) is 0.701. The van der Waals surface area contributed by atoms with Crippen molar-refractivity contribution in [3.63, 3.8) is 0 Å². The van der Waals surface area contributed by atoms with E-state index in [0.717, 1.165) is 6.07 Å². The maximum atomic E-state index is 11.7. The monoisotopic (exact) mass is 306 g/mol. The van der Waals surface area contributed by atoms with Crippen LogP contribution in [0.15, 0.2) is 12.1 Å². The molecule has 5 nitrogen and oxygen atoms in total. The smallest absolute Gasteiger partial charge is 0.475 e. The van der Waals surface area contributed by atoms with Gasteiger partial charge in [-0.2, -0.15) is 18.2 Å². The first-order valence-electron chi connectivity index (χ1n) is 4.62. The molecular weight excluding hydrogens is 298 g/mol. The summed E-state index contributed by atoms with van der Waals surface area (Å²) in [5.41, 5.74) is 5.89. The first kappa shape index (κ1) is 17.8. The average Bonchev–Trinajstić information content (AvgIpc) is 2.21. The van der Waals surface area contributed by atoms with E-state index >= 15 is 0 Å². The minimum absolute atomic E-state index is 0.0294. The van der Waals surface area contributed by atoms with Gasteiger partial charge in [0.15, 0.2) is 0 Å². The average molecular weight is 306 g/mol. The van der Waals surface area contributed by atoms with Gasteiger partial charge in [0, 0.05) is 6.07 Å². The van der Waals surface area contributed by atoms with E-state index in [-0.39, 0.29) is 5.82 Å². The predicted octanol–water partition coefficient (Wildman–Crippen LogP) is 2.50. The van der Waals surface area contributed by atoms with E-state index in [4.69, 9.17) is 15.6 Å². The van der Waals surface area contributed by atoms with Gasteiger partial charge in [-0.15, -0.1) is 13.2 Å². The summed E-state index contributed by atoms with van der Waals surface area (Å²) in [6.07, 6.45) is -9.81. The number of carbonyl (C=O) groups is 1. The minimum Gasteiger partial charge on any atom is -0.475 e. The molecule has 0 bridgehead atoms. The number of hydrogen-bond acceptors (Lipinski definition) is 4. The van der Waals surface area contributed by atoms with Gasteiger partial charge in [0.1, 0.15) is 5.82 Å². The summed E-state index contributed by atoms with van der Waals surface area (Å²) in [6.45, 7) is 1.64. The Bertz CT molecular complexity index is 472. The summed E-state index contributed by atoms with van der Waals surface area (Å²) < 4.78 is 70.3. The molecule has 0 aliphatic carbocycles. The van der Waals surface area contributed by atoms with Crippen molar-refractivity contribution < 1.29 is 41.0 Å². The molecule has 3 N–H and O–H groups in total. The highest BCUT2D eigenvalue weighted by Gasteiger charge is 2.38. The second-order valence-electron chi connectivity index (χ2n) is 3.20. The highest BCUT2D eigenvalue weighted by atomic mass is 19.4. The van der Waals surface area contributed by atoms with Crippen LogP contribution in [-0.4, -0.2) is 28.6 Å². The molecule has 0 aromatic carbocycles. The van der Waals surface area contributed by atoms with Crippen LogP contribution in [0.1, 0.15) is 5.56 Å². The standard InChI is InChI=1S/C7H7F3N2O.C2HF3O2/c1-4-2-3-5(12-6(4)11)13-7(8,9)10;3-2(4,5)1(6)7/h2-3H,1H3,(H2,11,12);(H,6,7). The number of halogens is 6. The Morgan fingerprint density at radius 2 is 1.70 bits per heavy atom. The number of ether oxygens (including phenoxy) is 1. The second kappa shape index (κ2) is 6.30. The van der Waals surface area contributed by atoms with Crippen molar-refractivity contribution in [3.8, 4) is 5.88 Å². The Labute approximate surface area is 108 Å². The number of nitrogens with zero attached hydrogens (tertiary/aromatic N) is 1. The van der Waals surface area contributed by atoms with E-state index < -0.39 is 24.4 Å². The minimum atomic E-state index is -5.08. The lowest BCUT2D eigenvalue weighted by molar-refractivity contribution is -0.276. The summed E-state index contributed by atoms with van der Waals surface area (Å²) in [5, 5.41) is 7.12. The number of carboxylic acids is 1. The van der Waals surface area contributed by atoms with Crippen LogP contribution in [-0.2, 0) is 4.79 Å². The zero-order valence-corrected chi connectivity index (χ0v) is 9.71. The number of aliphatic carboxylic acids is 1. The van der Waals surface area contributed by atoms with Gasteiger partial charge in [-0.25, -0.2) is 4.79 Å². The van der Waals surface area contributed by atoms with Gasteiger partial charge in [0.05, 0.1) is 0 Å². The van der Waals surface area contributed by atoms with Crippen molar-refractivity contribution in [2.75, 3.05) is 5.73 Å². The number of rotatable bonds is 1. The van der Waals surface area contributed by atoms with Crippen molar-refractivity contribution in [2.24, 2.45) is 0 Å². The van der Waals surface area contributed by atoms with E-state index in [1.165, 1.54) is 6.07 Å². The van der Waals surface area contributed by atoms with E-state index in [1.54, 1.807) is 6.92 Å². The Morgan fingerprint density at radius 3 is 2.00 bits per heavy atom. The van der Waals surface area contributed by atoms with Crippen LogP contribution in [0.2, 0.25) is 0 Å². The number of hydrogen-bond donors (Lipinski definition) is 2. The second-order valence-corrected chi connectivity index (χ2v) is 3.20. The Kier molecular flexibility index (Phi) is 5.61. The van der Waals surface area contributed by atoms with Gasteiger partial charge in [0.2, 0.25) is 5.88 Å². The normalized spacial score (nSPS) is 11.3. The van der Waals surface area contributed by atoms with Crippen LogP contribution in [0, 0.1) is 6.92 Å². The number of nitrogens with two attached hydrogens (primary N) is 1. The van der Waals surface area contributed by atoms with Crippen LogP contribution in [0.5, 0.6) is 5.88 Å². The van der Waals surface area contributed by atoms with Gasteiger partial charge in [-0.1, -0.05) is 6.07 Å². The molecule has 0 fully saturated rings. The Morgan fingerprint density at radius 1 is 1.25 bits per heavy atom. The van der Waals surface area contributed by atoms with E-state index in [2.05, 4.69) is 9.72 Å². The van der Waals surface area contributed by atoms with Crippen LogP contribution >= 0.6 is 0 Å². The predicted molar refractivity (Wildman–Crippen MR) is 53.8 cm³/mol. The zero-order valence-electron chi connectivity index (χ0n) is 9.71. The maximum Gasteiger partial charge on any atom is 0.574 e. The maximum absolute atomic E-state index is 11.7. The van der Waals surface area contributed by atoms with Gasteiger partial charge >= 0.3 is 18.5 Å². The highest BCUT2D eigenvalue weighted by Crippen LogP contribution is 2.22. The molecule has 0 atom stereocenters. The van der Waals surface area contributed by atoms with Crippen LogP contribution in [0.4, 0.5) is 32.2 Å². The first-order valence-corrected chi connectivity index (χ1v) is 4.62. The molecular formula is C9H8F6N2O3. The molecule has 114 valence electrons. The third-order valence-electron chi connectivity index (χ3n) is 1.57. The molecule has 0 aliphatic heterocycles. The number of carboxylic acid groups (broad SMARTS) is 1. The first-order chi connectivity index (χ1) is 8.83. The number of aromatic nitrogens is 1. The third kappa shape index (κ3) is 7.28. The molecule has 0 spiro atoms. The van der Waals surface area contributed by atoms with Gasteiger partial charge in [-0.3, -0.25) is 0 Å². The van der Waals surface area contributed by atoms with Crippen LogP contribution in [0.3, 0.4) is 0 Å². The lowest BCUT2D eigenvalue weighted by Crippen LogP contribution is -2.21. The Hall–Kier alpha value is -2.20. The van der Waals surface area contributed by atoms with Crippen molar-refractivity contribution in [1.29, 1.82) is 0 Å². The topological polar surface area (TPSA) is 85.4 Å². The molecule has 0 amide bonds. The molecule has 0 unspecified atom stereocenters. The number of alkyl halides is 6.